The smallest absolute Gasteiger partial charge is 0.0999 e. The van der Waals surface area contributed by atoms with Gasteiger partial charge in [0, 0.05) is 30.1 Å². The van der Waals surface area contributed by atoms with Crippen LogP contribution in [0.2, 0.25) is 0 Å². The lowest BCUT2D eigenvalue weighted by molar-refractivity contribution is 0.0651. The summed E-state index contributed by atoms with van der Waals surface area (Å²) in [5.41, 5.74) is 3.76. The van der Waals surface area contributed by atoms with Gasteiger partial charge in [0.2, 0.25) is 0 Å². The predicted molar refractivity (Wildman–Crippen MR) is 116 cm³/mol. The molecule has 0 aliphatic rings. The van der Waals surface area contributed by atoms with Gasteiger partial charge in [0.15, 0.2) is 0 Å². The summed E-state index contributed by atoms with van der Waals surface area (Å²) >= 11 is 0. The van der Waals surface area contributed by atoms with Crippen LogP contribution in [0.1, 0.15) is 53.0 Å². The molecular formula is C22H29N7O. The fourth-order valence-corrected chi connectivity index (χ4v) is 3.61. The quantitative estimate of drug-likeness (QED) is 0.477. The van der Waals surface area contributed by atoms with E-state index in [4.69, 9.17) is 4.98 Å². The van der Waals surface area contributed by atoms with Gasteiger partial charge in [-0.25, -0.2) is 9.50 Å². The Morgan fingerprint density at radius 2 is 1.77 bits per heavy atom. The molecule has 8 heteroatoms. The molecule has 0 fully saturated rings. The van der Waals surface area contributed by atoms with Crippen LogP contribution in [0.5, 0.6) is 0 Å². The summed E-state index contributed by atoms with van der Waals surface area (Å²) < 4.78 is 5.72. The Kier molecular flexibility index (Phi) is 5.42. The van der Waals surface area contributed by atoms with Gasteiger partial charge in [0.05, 0.1) is 53.3 Å². The van der Waals surface area contributed by atoms with Crippen molar-refractivity contribution in [2.24, 2.45) is 0 Å². The summed E-state index contributed by atoms with van der Waals surface area (Å²) in [5, 5.41) is 23.4. The Morgan fingerprint density at radius 1 is 1.00 bits per heavy atom. The number of aliphatic hydroxyl groups is 1. The van der Waals surface area contributed by atoms with Crippen molar-refractivity contribution in [2.75, 3.05) is 0 Å². The van der Waals surface area contributed by atoms with E-state index in [0.717, 1.165) is 40.9 Å². The summed E-state index contributed by atoms with van der Waals surface area (Å²) in [4.78, 5) is 4.94. The average molecular weight is 408 g/mol. The molecule has 0 amide bonds. The Morgan fingerprint density at radius 3 is 2.50 bits per heavy atom. The van der Waals surface area contributed by atoms with Gasteiger partial charge in [0.25, 0.3) is 0 Å². The summed E-state index contributed by atoms with van der Waals surface area (Å²) in [5.74, 6) is 0. The maximum absolute atomic E-state index is 9.96. The first-order valence-corrected chi connectivity index (χ1v) is 10.5. The number of nitrogens with zero attached hydrogens (tertiary/aromatic N) is 7. The highest BCUT2D eigenvalue weighted by molar-refractivity contribution is 5.78. The summed E-state index contributed by atoms with van der Waals surface area (Å²) in [6.45, 7) is 8.61. The molecule has 4 aromatic heterocycles. The zero-order chi connectivity index (χ0) is 21.3. The van der Waals surface area contributed by atoms with Gasteiger partial charge in [-0.05, 0) is 39.2 Å². The highest BCUT2D eigenvalue weighted by Gasteiger charge is 2.16. The second kappa shape index (κ2) is 8.02. The van der Waals surface area contributed by atoms with E-state index in [0.29, 0.717) is 19.0 Å². The Labute approximate surface area is 176 Å². The predicted octanol–water partition coefficient (Wildman–Crippen LogP) is 3.98. The van der Waals surface area contributed by atoms with E-state index in [9.17, 15) is 5.11 Å². The van der Waals surface area contributed by atoms with E-state index in [1.165, 1.54) is 0 Å². The molecule has 0 saturated heterocycles. The van der Waals surface area contributed by atoms with Crippen molar-refractivity contribution in [1.29, 1.82) is 0 Å². The van der Waals surface area contributed by atoms with E-state index in [1.807, 2.05) is 38.5 Å². The first-order valence-electron chi connectivity index (χ1n) is 10.5. The van der Waals surface area contributed by atoms with Gasteiger partial charge in [-0.1, -0.05) is 13.8 Å². The van der Waals surface area contributed by atoms with Crippen LogP contribution >= 0.6 is 0 Å². The minimum Gasteiger partial charge on any atom is -0.390 e. The maximum atomic E-state index is 9.96. The topological polar surface area (TPSA) is 86.1 Å². The first-order chi connectivity index (χ1) is 14.4. The summed E-state index contributed by atoms with van der Waals surface area (Å²) in [7, 11) is 0. The third-order valence-electron chi connectivity index (χ3n) is 5.46. The van der Waals surface area contributed by atoms with Crippen molar-refractivity contribution in [3.8, 4) is 22.5 Å². The van der Waals surface area contributed by atoms with Crippen molar-refractivity contribution >= 4 is 5.52 Å². The van der Waals surface area contributed by atoms with Crippen LogP contribution in [0.3, 0.4) is 0 Å². The van der Waals surface area contributed by atoms with Crippen molar-refractivity contribution in [1.82, 2.24) is 34.2 Å². The molecule has 4 aromatic rings. The largest absolute Gasteiger partial charge is 0.390 e. The molecule has 0 atom stereocenters. The number of aromatic nitrogens is 7. The lowest BCUT2D eigenvalue weighted by Gasteiger charge is -2.16. The molecule has 4 heterocycles. The average Bonchev–Trinajstić information content (AvgIpc) is 3.46. The third kappa shape index (κ3) is 4.14. The van der Waals surface area contributed by atoms with E-state index in [1.54, 1.807) is 26.2 Å². The zero-order valence-electron chi connectivity index (χ0n) is 18.0. The second-order valence-corrected chi connectivity index (χ2v) is 8.37. The zero-order valence-corrected chi connectivity index (χ0v) is 18.0. The molecule has 1 N–H and O–H groups in total. The highest BCUT2D eigenvalue weighted by Crippen LogP contribution is 2.28. The van der Waals surface area contributed by atoms with Crippen molar-refractivity contribution < 1.29 is 5.11 Å². The van der Waals surface area contributed by atoms with E-state index < -0.39 is 5.60 Å². The molecule has 0 aliphatic heterocycles. The normalized spacial score (nSPS) is 12.3. The van der Waals surface area contributed by atoms with Crippen LogP contribution in [-0.2, 0) is 6.54 Å². The number of aryl methyl sites for hydroxylation is 1. The Hall–Kier alpha value is -3.00. The van der Waals surface area contributed by atoms with E-state index in [-0.39, 0.29) is 0 Å². The minimum atomic E-state index is -0.722. The van der Waals surface area contributed by atoms with Crippen LogP contribution in [-0.4, -0.2) is 44.9 Å². The van der Waals surface area contributed by atoms with E-state index >= 15 is 0 Å². The number of rotatable bonds is 8. The molecule has 0 unspecified atom stereocenters. The fourth-order valence-electron chi connectivity index (χ4n) is 3.61. The van der Waals surface area contributed by atoms with Crippen molar-refractivity contribution in [3.05, 3.63) is 43.2 Å². The van der Waals surface area contributed by atoms with Crippen LogP contribution in [0, 0.1) is 0 Å². The minimum absolute atomic E-state index is 0.386. The lowest BCUT2D eigenvalue weighted by Crippen LogP contribution is -2.21. The molecule has 0 saturated carbocycles. The molecule has 158 valence electrons. The molecule has 4 rings (SSSR count). The second-order valence-electron chi connectivity index (χ2n) is 8.37. The van der Waals surface area contributed by atoms with Crippen LogP contribution in [0.25, 0.3) is 28.0 Å². The van der Waals surface area contributed by atoms with Crippen molar-refractivity contribution in [2.45, 2.75) is 65.1 Å². The summed E-state index contributed by atoms with van der Waals surface area (Å²) in [6.07, 6.45) is 14.1. The van der Waals surface area contributed by atoms with Gasteiger partial charge in [-0.15, -0.1) is 0 Å². The molecule has 8 nitrogen and oxygen atoms in total. The summed E-state index contributed by atoms with van der Waals surface area (Å²) in [6, 6.07) is 2.35. The number of fused-ring (bicyclic) bond motifs is 1. The molecule has 0 aliphatic carbocycles. The van der Waals surface area contributed by atoms with Gasteiger partial charge in [-0.2, -0.15) is 15.3 Å². The molecule has 0 radical (unpaired) electrons. The number of hydrogen-bond donors (Lipinski definition) is 1. The molecular weight excluding hydrogens is 378 g/mol. The first kappa shape index (κ1) is 20.3. The van der Waals surface area contributed by atoms with Crippen LogP contribution in [0.15, 0.2) is 43.2 Å². The highest BCUT2D eigenvalue weighted by atomic mass is 16.3. The fraction of sp³-hybridized carbons (Fsp3) is 0.455. The molecule has 0 bridgehead atoms. The van der Waals surface area contributed by atoms with Crippen LogP contribution in [0.4, 0.5) is 0 Å². The molecule has 0 aromatic carbocycles. The van der Waals surface area contributed by atoms with Crippen molar-refractivity contribution in [3.63, 3.8) is 0 Å². The number of hydrogen-bond acceptors (Lipinski definition) is 5. The Bertz CT molecular complexity index is 1130. The van der Waals surface area contributed by atoms with Gasteiger partial charge in [-0.3, -0.25) is 9.36 Å². The lowest BCUT2D eigenvalue weighted by atomic mass is 10.1. The van der Waals surface area contributed by atoms with Crippen LogP contribution < -0.4 is 0 Å². The van der Waals surface area contributed by atoms with Gasteiger partial charge >= 0.3 is 0 Å². The monoisotopic (exact) mass is 407 g/mol. The van der Waals surface area contributed by atoms with Gasteiger partial charge in [0.1, 0.15) is 0 Å². The van der Waals surface area contributed by atoms with Gasteiger partial charge < -0.3 is 5.11 Å². The Balaban J connectivity index is 1.70. The molecule has 30 heavy (non-hydrogen) atoms. The third-order valence-corrected chi connectivity index (χ3v) is 5.46. The molecule has 0 spiro atoms. The van der Waals surface area contributed by atoms with E-state index in [2.05, 4.69) is 35.3 Å². The SMILES string of the molecule is CCC(CC)n1cc(-c2nc(-c3cnn(CCC(C)(C)O)c3)cn3nccc23)cn1. The maximum Gasteiger partial charge on any atom is 0.0999 e. The standard InChI is InChI=1S/C22H29N7O/c1-5-18(6-2)28-14-17(12-25-28)21-20-7-9-23-29(20)15-19(26-21)16-11-24-27(13-16)10-8-22(3,4)30/h7,9,11-15,18,30H,5-6,8,10H2,1-4H3.